The van der Waals surface area contributed by atoms with Gasteiger partial charge in [0.15, 0.2) is 23.3 Å². The van der Waals surface area contributed by atoms with Crippen molar-refractivity contribution in [2.24, 2.45) is 0 Å². The molecule has 1 aromatic heterocycles. The number of aromatic nitrogens is 2. The Hall–Kier alpha value is -2.88. The molecular weight excluding hydrogens is 411 g/mol. The summed E-state index contributed by atoms with van der Waals surface area (Å²) in [7, 11) is 1.81. The van der Waals surface area contributed by atoms with Gasteiger partial charge in [-0.15, -0.1) is 0 Å². The SMILES string of the molecule is Cc1nc(N[C@H]2C[C@@](C)(OCc3cc(F)c(F)c(F)c3)C2)nc2c1NC(=O)[C@H](C)N2C. The topological polar surface area (TPSA) is 79.4 Å². The number of hydrogen-bond acceptors (Lipinski definition) is 6. The first kappa shape index (κ1) is 21.4. The van der Waals surface area contributed by atoms with Crippen molar-refractivity contribution < 1.29 is 22.7 Å². The molecule has 1 amide bonds. The van der Waals surface area contributed by atoms with Crippen LogP contribution in [-0.2, 0) is 16.1 Å². The Bertz CT molecular complexity index is 1020. The molecular formula is C21H24F3N5O2. The van der Waals surface area contributed by atoms with Gasteiger partial charge in [0.25, 0.3) is 0 Å². The number of nitrogens with one attached hydrogen (secondary N) is 2. The number of carbonyl (C=O) groups excluding carboxylic acids is 1. The predicted molar refractivity (Wildman–Crippen MR) is 109 cm³/mol. The summed E-state index contributed by atoms with van der Waals surface area (Å²) in [5.74, 6) is -2.93. The molecule has 4 rings (SSSR count). The maximum Gasteiger partial charge on any atom is 0.246 e. The number of carbonyl (C=O) groups is 1. The number of ether oxygens (including phenoxy) is 1. The third-order valence-corrected chi connectivity index (χ3v) is 5.93. The first-order valence-corrected chi connectivity index (χ1v) is 10.0. The minimum atomic E-state index is -1.48. The molecule has 0 unspecified atom stereocenters. The van der Waals surface area contributed by atoms with Crippen molar-refractivity contribution in [3.8, 4) is 0 Å². The number of benzene rings is 1. The van der Waals surface area contributed by atoms with Gasteiger partial charge in [-0.2, -0.15) is 4.98 Å². The lowest BCUT2D eigenvalue weighted by atomic mass is 9.77. The van der Waals surface area contributed by atoms with Crippen molar-refractivity contribution in [3.63, 3.8) is 0 Å². The molecule has 31 heavy (non-hydrogen) atoms. The zero-order valence-corrected chi connectivity index (χ0v) is 17.7. The molecule has 2 N–H and O–H groups in total. The number of hydrogen-bond donors (Lipinski definition) is 2. The quantitative estimate of drug-likeness (QED) is 0.700. The van der Waals surface area contributed by atoms with Crippen LogP contribution in [0.3, 0.4) is 0 Å². The zero-order chi connectivity index (χ0) is 22.5. The summed E-state index contributed by atoms with van der Waals surface area (Å²) in [6, 6.07) is 1.60. The van der Waals surface area contributed by atoms with E-state index < -0.39 is 23.1 Å². The van der Waals surface area contributed by atoms with E-state index in [9.17, 15) is 18.0 Å². The number of anilines is 3. The summed E-state index contributed by atoms with van der Waals surface area (Å²) >= 11 is 0. The van der Waals surface area contributed by atoms with Gasteiger partial charge in [-0.1, -0.05) is 0 Å². The number of nitrogens with zero attached hydrogens (tertiary/aromatic N) is 3. The Kier molecular flexibility index (Phi) is 5.28. The smallest absolute Gasteiger partial charge is 0.246 e. The van der Waals surface area contributed by atoms with Gasteiger partial charge in [-0.3, -0.25) is 4.79 Å². The van der Waals surface area contributed by atoms with Crippen LogP contribution in [0, 0.1) is 24.4 Å². The van der Waals surface area contributed by atoms with Crippen molar-refractivity contribution in [1.29, 1.82) is 0 Å². The molecule has 1 aliphatic heterocycles. The highest BCUT2D eigenvalue weighted by Crippen LogP contribution is 2.39. The fourth-order valence-corrected chi connectivity index (χ4v) is 3.94. The van der Waals surface area contributed by atoms with E-state index in [2.05, 4.69) is 20.6 Å². The molecule has 10 heteroatoms. The molecule has 0 spiro atoms. The highest BCUT2D eigenvalue weighted by Gasteiger charge is 2.42. The number of amides is 1. The highest BCUT2D eigenvalue weighted by atomic mass is 19.2. The Morgan fingerprint density at radius 2 is 1.90 bits per heavy atom. The van der Waals surface area contributed by atoms with Crippen LogP contribution in [-0.4, -0.2) is 40.6 Å². The fourth-order valence-electron chi connectivity index (χ4n) is 3.94. The number of fused-ring (bicyclic) bond motifs is 1. The average Bonchev–Trinajstić information content (AvgIpc) is 2.68. The lowest BCUT2D eigenvalue weighted by Gasteiger charge is -2.45. The average molecular weight is 435 g/mol. The first-order valence-electron chi connectivity index (χ1n) is 10.0. The van der Waals surface area contributed by atoms with Gasteiger partial charge in [-0.25, -0.2) is 18.2 Å². The van der Waals surface area contributed by atoms with Crippen LogP contribution in [0.25, 0.3) is 0 Å². The Balaban J connectivity index is 1.38. The molecule has 0 saturated heterocycles. The van der Waals surface area contributed by atoms with E-state index in [1.165, 1.54) is 0 Å². The molecule has 2 aliphatic rings. The van der Waals surface area contributed by atoms with Gasteiger partial charge >= 0.3 is 0 Å². The van der Waals surface area contributed by atoms with E-state index in [0.29, 0.717) is 36.0 Å². The summed E-state index contributed by atoms with van der Waals surface area (Å²) in [6.45, 7) is 5.50. The van der Waals surface area contributed by atoms with Crippen molar-refractivity contribution in [2.75, 3.05) is 22.6 Å². The standard InChI is InChI=1S/C21H24F3N5O2/c1-10-17-18(29(4)11(2)19(30)27-17)28-20(25-10)26-13-7-21(3,8-13)31-9-12-5-14(22)16(24)15(23)6-12/h5-6,11,13H,7-9H2,1-4H3,(H,27,30)(H,25,26,28)/t11-,13-,21+/m0/s1. The monoisotopic (exact) mass is 435 g/mol. The van der Waals surface area contributed by atoms with Crippen LogP contribution in [0.5, 0.6) is 0 Å². The Morgan fingerprint density at radius 3 is 2.55 bits per heavy atom. The minimum Gasteiger partial charge on any atom is -0.370 e. The van der Waals surface area contributed by atoms with E-state index in [1.54, 1.807) is 6.92 Å². The number of halogens is 3. The van der Waals surface area contributed by atoms with Crippen LogP contribution >= 0.6 is 0 Å². The Morgan fingerprint density at radius 1 is 1.26 bits per heavy atom. The molecule has 0 radical (unpaired) electrons. The van der Waals surface area contributed by atoms with Crippen molar-refractivity contribution >= 4 is 23.4 Å². The summed E-state index contributed by atoms with van der Waals surface area (Å²) < 4.78 is 45.6. The molecule has 1 aromatic carbocycles. The van der Waals surface area contributed by atoms with Gasteiger partial charge in [0, 0.05) is 13.1 Å². The molecule has 1 atom stereocenters. The van der Waals surface area contributed by atoms with Crippen LogP contribution in [0.4, 0.5) is 30.6 Å². The fraction of sp³-hybridized carbons (Fsp3) is 0.476. The van der Waals surface area contributed by atoms with Crippen molar-refractivity contribution in [3.05, 3.63) is 40.8 Å². The summed E-state index contributed by atoms with van der Waals surface area (Å²) in [5.41, 5.74) is 1.03. The predicted octanol–water partition coefficient (Wildman–Crippen LogP) is 3.53. The van der Waals surface area contributed by atoms with Gasteiger partial charge in [0.05, 0.1) is 17.9 Å². The van der Waals surface area contributed by atoms with Gasteiger partial charge < -0.3 is 20.3 Å². The van der Waals surface area contributed by atoms with E-state index in [1.807, 2.05) is 25.8 Å². The summed E-state index contributed by atoms with van der Waals surface area (Å²) in [4.78, 5) is 22.8. The molecule has 166 valence electrons. The molecule has 7 nitrogen and oxygen atoms in total. The van der Waals surface area contributed by atoms with Crippen LogP contribution in [0.1, 0.15) is 37.9 Å². The van der Waals surface area contributed by atoms with E-state index in [-0.39, 0.29) is 30.2 Å². The first-order chi connectivity index (χ1) is 14.6. The number of rotatable bonds is 5. The van der Waals surface area contributed by atoms with Crippen LogP contribution < -0.4 is 15.5 Å². The third-order valence-electron chi connectivity index (χ3n) is 5.93. The Labute approximate surface area is 178 Å². The lowest BCUT2D eigenvalue weighted by Crippen LogP contribution is -2.50. The lowest BCUT2D eigenvalue weighted by molar-refractivity contribution is -0.117. The van der Waals surface area contributed by atoms with E-state index in [4.69, 9.17) is 4.74 Å². The summed E-state index contributed by atoms with van der Waals surface area (Å²) in [6.07, 6.45) is 1.28. The second-order valence-corrected chi connectivity index (χ2v) is 8.47. The molecule has 0 bridgehead atoms. The molecule has 2 heterocycles. The number of aryl methyl sites for hydroxylation is 1. The maximum atomic E-state index is 13.4. The second kappa shape index (κ2) is 7.67. The number of likely N-dealkylation sites (N-methyl/N-ethyl adjacent to an activating group) is 1. The van der Waals surface area contributed by atoms with Crippen molar-refractivity contribution in [2.45, 2.75) is 57.9 Å². The molecule has 1 saturated carbocycles. The van der Waals surface area contributed by atoms with E-state index in [0.717, 1.165) is 12.1 Å². The van der Waals surface area contributed by atoms with Crippen LogP contribution in [0.15, 0.2) is 12.1 Å². The largest absolute Gasteiger partial charge is 0.370 e. The molecule has 1 fully saturated rings. The normalized spacial score (nSPS) is 25.0. The van der Waals surface area contributed by atoms with Gasteiger partial charge in [0.1, 0.15) is 11.7 Å². The highest BCUT2D eigenvalue weighted by molar-refractivity contribution is 6.03. The van der Waals surface area contributed by atoms with Crippen molar-refractivity contribution in [1.82, 2.24) is 9.97 Å². The van der Waals surface area contributed by atoms with Gasteiger partial charge in [0.2, 0.25) is 11.9 Å². The molecule has 2 aromatic rings. The van der Waals surface area contributed by atoms with Gasteiger partial charge in [-0.05, 0) is 51.3 Å². The van der Waals surface area contributed by atoms with E-state index >= 15 is 0 Å². The summed E-state index contributed by atoms with van der Waals surface area (Å²) in [5, 5.41) is 6.13. The minimum absolute atomic E-state index is 0.0197. The zero-order valence-electron chi connectivity index (χ0n) is 17.7. The molecule has 1 aliphatic carbocycles. The third kappa shape index (κ3) is 4.04. The maximum absolute atomic E-state index is 13.4. The van der Waals surface area contributed by atoms with Crippen LogP contribution in [0.2, 0.25) is 0 Å². The second-order valence-electron chi connectivity index (χ2n) is 8.47.